The number of carbonyl (C=O) groups is 2. The van der Waals surface area contributed by atoms with Crippen molar-refractivity contribution in [1.82, 2.24) is 39.8 Å². The molecule has 396 valence electrons. The van der Waals surface area contributed by atoms with E-state index < -0.39 is 54.5 Å². The first kappa shape index (κ1) is 55.8. The predicted molar refractivity (Wildman–Crippen MR) is 264 cm³/mol. The fourth-order valence-electron chi connectivity index (χ4n) is 8.00. The fraction of sp³-hybridized carbons (Fsp3) is 0.477. The quantitative estimate of drug-likeness (QED) is 0.0119. The van der Waals surface area contributed by atoms with Crippen molar-refractivity contribution in [1.29, 1.82) is 0 Å². The summed E-state index contributed by atoms with van der Waals surface area (Å²) in [7, 11) is -10.7. The van der Waals surface area contributed by atoms with Gasteiger partial charge in [0.25, 0.3) is 0 Å². The van der Waals surface area contributed by atoms with Crippen LogP contribution >= 0.6 is 0 Å². The molecule has 0 aliphatic carbocycles. The van der Waals surface area contributed by atoms with Crippen molar-refractivity contribution in [3.63, 3.8) is 0 Å². The smallest absolute Gasteiger partial charge is 0.397 e. The molecule has 28 heteroatoms. The number of nitrogens with zero attached hydrogens (tertiary/aromatic N) is 3. The third-order valence-electron chi connectivity index (χ3n) is 11.7. The lowest BCUT2D eigenvalue weighted by molar-refractivity contribution is -0.140. The number of hydrogen-bond donors (Lipinski definition) is 9. The minimum absolute atomic E-state index is 0.0514. The molecule has 2 unspecified atom stereocenters. The van der Waals surface area contributed by atoms with E-state index in [0.29, 0.717) is 45.4 Å². The first-order valence-electron chi connectivity index (χ1n) is 22.8. The van der Waals surface area contributed by atoms with Gasteiger partial charge in [0.2, 0.25) is 20.0 Å². The normalized spacial score (nSPS) is 14.3. The van der Waals surface area contributed by atoms with Crippen LogP contribution in [0.15, 0.2) is 70.6 Å². The van der Waals surface area contributed by atoms with Gasteiger partial charge in [-0.2, -0.15) is 8.42 Å². The summed E-state index contributed by atoms with van der Waals surface area (Å²) in [4.78, 5) is 30.2. The first-order chi connectivity index (χ1) is 34.3. The molecule has 1 aliphatic rings. The Kier molecular flexibility index (Phi) is 19.7. The lowest BCUT2D eigenvalue weighted by Gasteiger charge is -2.24. The highest BCUT2D eigenvalue weighted by Gasteiger charge is 2.32. The Balaban J connectivity index is 1.22. The standard InChI is InChI=1S/C44H61N9O16S3/c1-52(11-3-9-48-36(43(54)55)21-29-25-46-27-50-29)70(58,59)39-24-40(71(60,61)53(2)12-4-10-49-37(44(56)57)22-30-26-47-28-51-30)34-8-6-32-38(23-35(45)31-5-7-33(39)42(34)41(31)32)68-19-17-66-15-13-65-14-16-67-18-20-69-72(62,63)64/h5-8,23-26,28,36-37,46,48-50H,3-4,9-22,27,45H2,1-2H3,(H,47,51)(H,54,55)(H,56,57)(H,62,63,64). The Morgan fingerprint density at radius 2 is 1.25 bits per heavy atom. The summed E-state index contributed by atoms with van der Waals surface area (Å²) in [6.07, 6.45) is 5.37. The molecule has 10 N–H and O–H groups in total. The van der Waals surface area contributed by atoms with Crippen LogP contribution in [0.5, 0.6) is 5.75 Å². The molecule has 1 aliphatic heterocycles. The van der Waals surface area contributed by atoms with Gasteiger partial charge in [-0.05, 0) is 38.1 Å². The largest absolute Gasteiger partial charge is 0.490 e. The topological polar surface area (TPSA) is 353 Å². The summed E-state index contributed by atoms with van der Waals surface area (Å²) >= 11 is 0. The van der Waals surface area contributed by atoms with Crippen molar-refractivity contribution < 1.29 is 72.7 Å². The molecule has 0 radical (unpaired) electrons. The molecule has 0 fully saturated rings. The summed E-state index contributed by atoms with van der Waals surface area (Å²) in [6.45, 7) is 1.20. The molecule has 2 atom stereocenters. The Bertz CT molecular complexity index is 3000. The van der Waals surface area contributed by atoms with Gasteiger partial charge in [-0.25, -0.2) is 34.6 Å². The number of aliphatic carboxylic acids is 2. The summed E-state index contributed by atoms with van der Waals surface area (Å²) in [5, 5.41) is 33.8. The van der Waals surface area contributed by atoms with Crippen LogP contribution in [0.3, 0.4) is 0 Å². The number of carboxylic acid groups (broad SMARTS) is 2. The number of aromatic amines is 1. The summed E-state index contributed by atoms with van der Waals surface area (Å²) in [5.41, 5.74) is 8.23. The minimum atomic E-state index is -4.54. The number of aromatic nitrogens is 2. The van der Waals surface area contributed by atoms with Gasteiger partial charge in [-0.15, -0.1) is 0 Å². The maximum atomic E-state index is 14.7. The van der Waals surface area contributed by atoms with E-state index in [2.05, 4.69) is 35.4 Å². The Hall–Kier alpha value is -5.50. The van der Waals surface area contributed by atoms with Crippen LogP contribution in [0.2, 0.25) is 0 Å². The lowest BCUT2D eigenvalue weighted by atomic mass is 9.93. The molecule has 0 spiro atoms. The fourth-order valence-corrected chi connectivity index (χ4v) is 11.2. The van der Waals surface area contributed by atoms with Crippen molar-refractivity contribution in [2.75, 3.05) is 106 Å². The lowest BCUT2D eigenvalue weighted by Crippen LogP contribution is -2.40. The maximum Gasteiger partial charge on any atom is 0.397 e. The van der Waals surface area contributed by atoms with E-state index in [9.17, 15) is 45.1 Å². The van der Waals surface area contributed by atoms with Crippen LogP contribution in [0.4, 0.5) is 5.69 Å². The van der Waals surface area contributed by atoms with Crippen LogP contribution in [0, 0.1) is 0 Å². The highest BCUT2D eigenvalue weighted by atomic mass is 32.3. The second-order valence-corrected chi connectivity index (χ2v) is 21.7. The van der Waals surface area contributed by atoms with Crippen molar-refractivity contribution >= 4 is 80.4 Å². The Morgan fingerprint density at radius 1 is 0.736 bits per heavy atom. The number of rotatable bonds is 34. The van der Waals surface area contributed by atoms with Gasteiger partial charge < -0.3 is 61.1 Å². The van der Waals surface area contributed by atoms with Crippen molar-refractivity contribution in [2.45, 2.75) is 47.6 Å². The van der Waals surface area contributed by atoms with Crippen molar-refractivity contribution in [3.8, 4) is 5.75 Å². The van der Waals surface area contributed by atoms with Crippen molar-refractivity contribution in [2.24, 2.45) is 0 Å². The Morgan fingerprint density at radius 3 is 1.76 bits per heavy atom. The van der Waals surface area contributed by atoms with Gasteiger partial charge in [0.05, 0.1) is 69.0 Å². The minimum Gasteiger partial charge on any atom is -0.490 e. The van der Waals surface area contributed by atoms with Crippen LogP contribution in [0.1, 0.15) is 25.0 Å². The molecule has 0 amide bonds. The SMILES string of the molecule is CN(CCCNC(CC1=CNCN1)C(=O)O)S(=O)(=O)c1cc(S(=O)(=O)N(C)CCCNC(Cc2cnc[nH]2)C(=O)O)c2ccc3c(OCCOCCOCCOCCOS(=O)(=O)O)cc(N)c4ccc1c2c43. The van der Waals surface area contributed by atoms with E-state index in [1.54, 1.807) is 36.5 Å². The molecule has 5 aromatic rings. The van der Waals surface area contributed by atoms with Crippen molar-refractivity contribution in [3.05, 3.63) is 66.5 Å². The molecule has 0 bridgehead atoms. The van der Waals surface area contributed by atoms with Gasteiger partial charge in [0.15, 0.2) is 0 Å². The number of ether oxygens (including phenoxy) is 4. The number of nitrogens with one attached hydrogen (secondary N) is 5. The molecule has 6 rings (SSSR count). The second-order valence-electron chi connectivity index (χ2n) is 16.6. The number of imidazole rings is 1. The number of nitrogen functional groups attached to an aromatic ring is 1. The van der Waals surface area contributed by atoms with E-state index >= 15 is 0 Å². The van der Waals surface area contributed by atoms with Crippen LogP contribution in [-0.4, -0.2) is 182 Å². The molecular weight excluding hydrogens is 1010 g/mol. The zero-order chi connectivity index (χ0) is 52.1. The molecule has 2 heterocycles. The highest BCUT2D eigenvalue weighted by molar-refractivity contribution is 7.90. The van der Waals surface area contributed by atoms with E-state index in [4.69, 9.17) is 29.2 Å². The van der Waals surface area contributed by atoms with Crippen LogP contribution < -0.4 is 31.7 Å². The van der Waals surface area contributed by atoms with Gasteiger partial charge in [-0.1, -0.05) is 18.2 Å². The number of carboxylic acids is 2. The van der Waals surface area contributed by atoms with E-state index in [-0.39, 0.29) is 131 Å². The number of sulfonamides is 2. The zero-order valence-corrected chi connectivity index (χ0v) is 42.1. The molecular formula is C44H61N9O16S3. The molecule has 1 aromatic heterocycles. The average molecular weight is 1070 g/mol. The van der Waals surface area contributed by atoms with Gasteiger partial charge in [-0.3, -0.25) is 14.1 Å². The second kappa shape index (κ2) is 25.4. The first-order valence-corrected chi connectivity index (χ1v) is 27.0. The summed E-state index contributed by atoms with van der Waals surface area (Å²) in [5.74, 6) is -1.83. The number of anilines is 1. The number of H-pyrrole nitrogens is 1. The molecule has 72 heavy (non-hydrogen) atoms. The van der Waals surface area contributed by atoms with Gasteiger partial charge in [0, 0.05) is 108 Å². The Labute approximate surface area is 416 Å². The third kappa shape index (κ3) is 14.6. The third-order valence-corrected chi connectivity index (χ3v) is 15.9. The summed E-state index contributed by atoms with van der Waals surface area (Å²) < 4.78 is 118. The molecule has 0 saturated carbocycles. The number of nitrogens with two attached hydrogens (primary N) is 1. The van der Waals surface area contributed by atoms with E-state index in [1.807, 2.05) is 0 Å². The molecule has 25 nitrogen and oxygen atoms in total. The molecule has 0 saturated heterocycles. The van der Waals surface area contributed by atoms with Gasteiger partial charge >= 0.3 is 22.3 Å². The van der Waals surface area contributed by atoms with Gasteiger partial charge in [0.1, 0.15) is 24.4 Å². The van der Waals surface area contributed by atoms with E-state index in [0.717, 1.165) is 14.7 Å². The van der Waals surface area contributed by atoms with E-state index in [1.165, 1.54) is 26.6 Å². The van der Waals surface area contributed by atoms with Crippen LogP contribution in [-0.2, 0) is 64.8 Å². The highest BCUT2D eigenvalue weighted by Crippen LogP contribution is 2.45. The average Bonchev–Trinajstić information content (AvgIpc) is 4.06. The molecule has 4 aromatic carbocycles. The zero-order valence-electron chi connectivity index (χ0n) is 39.7. The predicted octanol–water partition coefficient (Wildman–Crippen LogP) is 0.869. The van der Waals surface area contributed by atoms with Crippen LogP contribution in [0.25, 0.3) is 32.3 Å². The number of benzene rings is 4. The monoisotopic (exact) mass is 1070 g/mol. The number of hydrogen-bond acceptors (Lipinski definition) is 19. The summed E-state index contributed by atoms with van der Waals surface area (Å²) in [6, 6.07) is 7.43. The maximum absolute atomic E-state index is 14.7.